The number of benzene rings is 1. The molecule has 0 aliphatic carbocycles. The lowest BCUT2D eigenvalue weighted by molar-refractivity contribution is 0.0706. The number of hydroxylamine groups is 1. The lowest BCUT2D eigenvalue weighted by Gasteiger charge is -2.02. The number of fused-ring (bicyclic) bond motifs is 2. The number of aryl methyl sites for hydroxylation is 1. The lowest BCUT2D eigenvalue weighted by atomic mass is 10.1. The molecular formula is C18H14ClN5O4. The molecule has 1 aromatic carbocycles. The zero-order chi connectivity index (χ0) is 19.8. The van der Waals surface area contributed by atoms with Crippen molar-refractivity contribution in [3.05, 3.63) is 64.3 Å². The topological polar surface area (TPSA) is 122 Å². The molecule has 0 saturated carbocycles. The number of rotatable bonds is 4. The van der Waals surface area contributed by atoms with Crippen molar-refractivity contribution >= 4 is 40.0 Å². The van der Waals surface area contributed by atoms with Crippen LogP contribution in [0.5, 0.6) is 0 Å². The summed E-state index contributed by atoms with van der Waals surface area (Å²) in [5.41, 5.74) is 3.45. The van der Waals surface area contributed by atoms with E-state index in [1.807, 2.05) is 0 Å². The summed E-state index contributed by atoms with van der Waals surface area (Å²) in [4.78, 5) is 28.5. The van der Waals surface area contributed by atoms with Gasteiger partial charge in [0.25, 0.3) is 11.8 Å². The monoisotopic (exact) mass is 399 g/mol. The summed E-state index contributed by atoms with van der Waals surface area (Å²) in [5.74, 6) is -0.825. The number of nitrogens with zero attached hydrogens (tertiary/aromatic N) is 3. The first kappa shape index (κ1) is 18.0. The maximum atomic E-state index is 12.5. The van der Waals surface area contributed by atoms with Crippen molar-refractivity contribution in [2.24, 2.45) is 0 Å². The van der Waals surface area contributed by atoms with Crippen LogP contribution >= 0.6 is 11.6 Å². The first-order valence-corrected chi connectivity index (χ1v) is 8.60. The van der Waals surface area contributed by atoms with Crippen LogP contribution in [0.3, 0.4) is 0 Å². The SMILES string of the molecule is Cc1cc(C(=O)NO)c2oc(CNC(=O)c3cnn4cccnc34)c(Cl)c2c1. The number of halogens is 1. The van der Waals surface area contributed by atoms with Gasteiger partial charge in [0.05, 0.1) is 23.3 Å². The van der Waals surface area contributed by atoms with Gasteiger partial charge in [-0.3, -0.25) is 14.8 Å². The number of aromatic nitrogens is 3. The highest BCUT2D eigenvalue weighted by atomic mass is 35.5. The number of furan rings is 1. The molecule has 142 valence electrons. The molecule has 0 bridgehead atoms. The van der Waals surface area contributed by atoms with Crippen molar-refractivity contribution < 1.29 is 19.2 Å². The van der Waals surface area contributed by atoms with Crippen molar-refractivity contribution in [3.8, 4) is 0 Å². The second-order valence-electron chi connectivity index (χ2n) is 6.10. The third kappa shape index (κ3) is 2.96. The van der Waals surface area contributed by atoms with Gasteiger partial charge >= 0.3 is 0 Å². The van der Waals surface area contributed by atoms with Crippen molar-refractivity contribution in [1.82, 2.24) is 25.4 Å². The molecule has 3 aromatic heterocycles. The highest BCUT2D eigenvalue weighted by molar-refractivity contribution is 6.36. The van der Waals surface area contributed by atoms with E-state index in [4.69, 9.17) is 21.2 Å². The van der Waals surface area contributed by atoms with Crippen LogP contribution < -0.4 is 10.8 Å². The predicted octanol–water partition coefficient (Wildman–Crippen LogP) is 2.49. The number of hydrogen-bond donors (Lipinski definition) is 3. The fraction of sp³-hybridized carbons (Fsp3) is 0.111. The van der Waals surface area contributed by atoms with Gasteiger partial charge in [-0.25, -0.2) is 15.0 Å². The molecule has 2 amide bonds. The highest BCUT2D eigenvalue weighted by Gasteiger charge is 2.21. The van der Waals surface area contributed by atoms with Crippen LogP contribution in [0.4, 0.5) is 0 Å². The second kappa shape index (κ2) is 6.95. The molecule has 0 unspecified atom stereocenters. The maximum Gasteiger partial charge on any atom is 0.278 e. The zero-order valence-electron chi connectivity index (χ0n) is 14.6. The van der Waals surface area contributed by atoms with Gasteiger partial charge in [-0.05, 0) is 30.7 Å². The lowest BCUT2D eigenvalue weighted by Crippen LogP contribution is -2.22. The van der Waals surface area contributed by atoms with E-state index in [9.17, 15) is 9.59 Å². The van der Waals surface area contributed by atoms with Gasteiger partial charge < -0.3 is 9.73 Å². The smallest absolute Gasteiger partial charge is 0.278 e. The predicted molar refractivity (Wildman–Crippen MR) is 99.4 cm³/mol. The number of hydrogen-bond acceptors (Lipinski definition) is 6. The molecule has 3 N–H and O–H groups in total. The van der Waals surface area contributed by atoms with Crippen molar-refractivity contribution in [2.45, 2.75) is 13.5 Å². The van der Waals surface area contributed by atoms with E-state index in [1.54, 1.807) is 43.0 Å². The fourth-order valence-corrected chi connectivity index (χ4v) is 3.20. The van der Waals surface area contributed by atoms with Gasteiger partial charge in [0.1, 0.15) is 16.9 Å². The highest BCUT2D eigenvalue weighted by Crippen LogP contribution is 2.33. The molecule has 0 radical (unpaired) electrons. The minimum Gasteiger partial charge on any atom is -0.457 e. The average Bonchev–Trinajstić information content (AvgIpc) is 3.27. The average molecular weight is 400 g/mol. The van der Waals surface area contributed by atoms with Crippen LogP contribution in [0.25, 0.3) is 16.6 Å². The molecule has 10 heteroatoms. The molecule has 28 heavy (non-hydrogen) atoms. The van der Waals surface area contributed by atoms with Gasteiger partial charge in [-0.1, -0.05) is 11.6 Å². The Morgan fingerprint density at radius 1 is 1.29 bits per heavy atom. The minimum atomic E-state index is -0.716. The van der Waals surface area contributed by atoms with Crippen LogP contribution in [-0.4, -0.2) is 31.6 Å². The first-order valence-electron chi connectivity index (χ1n) is 8.22. The third-order valence-electron chi connectivity index (χ3n) is 4.22. The molecule has 4 rings (SSSR count). The summed E-state index contributed by atoms with van der Waals surface area (Å²) in [6.07, 6.45) is 4.68. The molecule has 9 nitrogen and oxygen atoms in total. The summed E-state index contributed by atoms with van der Waals surface area (Å²) < 4.78 is 7.20. The van der Waals surface area contributed by atoms with Crippen molar-refractivity contribution in [1.29, 1.82) is 0 Å². The van der Waals surface area contributed by atoms with Gasteiger partial charge in [0.2, 0.25) is 0 Å². The van der Waals surface area contributed by atoms with Crippen LogP contribution in [-0.2, 0) is 6.54 Å². The number of carbonyl (C=O) groups excluding carboxylic acids is 2. The largest absolute Gasteiger partial charge is 0.457 e. The fourth-order valence-electron chi connectivity index (χ4n) is 2.95. The molecule has 0 aliphatic heterocycles. The number of carbonyl (C=O) groups is 2. The number of amides is 2. The van der Waals surface area contributed by atoms with Crippen LogP contribution in [0.15, 0.2) is 41.2 Å². The third-order valence-corrected chi connectivity index (χ3v) is 4.63. The van der Waals surface area contributed by atoms with E-state index in [0.29, 0.717) is 16.6 Å². The molecule has 0 aliphatic rings. The Labute approximate surface area is 162 Å². The van der Waals surface area contributed by atoms with Gasteiger partial charge in [0.15, 0.2) is 5.65 Å². The van der Waals surface area contributed by atoms with E-state index in [0.717, 1.165) is 5.56 Å². The molecule has 4 aromatic rings. The zero-order valence-corrected chi connectivity index (χ0v) is 15.3. The Hall–Kier alpha value is -3.43. The Bertz CT molecular complexity index is 1230. The summed E-state index contributed by atoms with van der Waals surface area (Å²) in [6, 6.07) is 5.04. The molecule has 0 saturated heterocycles. The molecule has 0 spiro atoms. The van der Waals surface area contributed by atoms with E-state index in [1.165, 1.54) is 10.7 Å². The normalized spacial score (nSPS) is 11.1. The van der Waals surface area contributed by atoms with Crippen LogP contribution in [0.2, 0.25) is 5.02 Å². The summed E-state index contributed by atoms with van der Waals surface area (Å²) in [5, 5.41) is 16.5. The molecule has 3 heterocycles. The van der Waals surface area contributed by atoms with E-state index in [2.05, 4.69) is 15.4 Å². The summed E-state index contributed by atoms with van der Waals surface area (Å²) in [6.45, 7) is 1.78. The van der Waals surface area contributed by atoms with Gasteiger partial charge in [0, 0.05) is 17.8 Å². The van der Waals surface area contributed by atoms with E-state index in [-0.39, 0.29) is 28.5 Å². The molecule has 0 atom stereocenters. The Morgan fingerprint density at radius 3 is 2.89 bits per heavy atom. The standard InChI is InChI=1S/C18H14ClN5O4/c1-9-5-10-14(19)13(28-15(10)11(6-9)18(26)23-27)8-21-17(25)12-7-22-24-4-2-3-20-16(12)24/h2-7,27H,8H2,1H3,(H,21,25)(H,23,26). The quantitative estimate of drug-likeness (QED) is 0.358. The van der Waals surface area contributed by atoms with Crippen molar-refractivity contribution in [2.75, 3.05) is 0 Å². The van der Waals surface area contributed by atoms with Crippen LogP contribution in [0.1, 0.15) is 32.0 Å². The molecule has 0 fully saturated rings. The molecular weight excluding hydrogens is 386 g/mol. The Balaban J connectivity index is 1.64. The van der Waals surface area contributed by atoms with E-state index >= 15 is 0 Å². The second-order valence-corrected chi connectivity index (χ2v) is 6.48. The maximum absolute atomic E-state index is 12.5. The van der Waals surface area contributed by atoms with Gasteiger partial charge in [-0.15, -0.1) is 0 Å². The van der Waals surface area contributed by atoms with Gasteiger partial charge in [-0.2, -0.15) is 5.10 Å². The van der Waals surface area contributed by atoms with Crippen LogP contribution in [0, 0.1) is 6.92 Å². The summed E-state index contributed by atoms with van der Waals surface area (Å²) >= 11 is 6.38. The Kier molecular flexibility index (Phi) is 4.46. The first-order chi connectivity index (χ1) is 13.5. The minimum absolute atomic E-state index is 0.00421. The number of nitrogens with one attached hydrogen (secondary N) is 2. The van der Waals surface area contributed by atoms with Crippen molar-refractivity contribution in [3.63, 3.8) is 0 Å². The summed E-state index contributed by atoms with van der Waals surface area (Å²) in [7, 11) is 0. The Morgan fingerprint density at radius 2 is 2.11 bits per heavy atom. The van der Waals surface area contributed by atoms with E-state index < -0.39 is 11.8 Å².